The maximum Gasteiger partial charge on any atom is 0.261 e. The summed E-state index contributed by atoms with van der Waals surface area (Å²) in [6.45, 7) is 6.66. The van der Waals surface area contributed by atoms with Gasteiger partial charge in [0, 0.05) is 35.8 Å². The van der Waals surface area contributed by atoms with Gasteiger partial charge in [0.15, 0.2) is 0 Å². The van der Waals surface area contributed by atoms with Crippen LogP contribution in [0.2, 0.25) is 0 Å². The average Bonchev–Trinajstić information content (AvgIpc) is 3.68. The molecule has 2 aliphatic carbocycles. The van der Waals surface area contributed by atoms with Crippen molar-refractivity contribution in [2.45, 2.75) is 101 Å². The molecule has 3 saturated heterocycles. The summed E-state index contributed by atoms with van der Waals surface area (Å²) in [7, 11) is 0. The number of nitrogens with zero attached hydrogens (tertiary/aromatic N) is 2. The molecule has 6 atom stereocenters. The van der Waals surface area contributed by atoms with Gasteiger partial charge in [-0.25, -0.2) is 0 Å². The summed E-state index contributed by atoms with van der Waals surface area (Å²) in [4.78, 5) is 34.9. The van der Waals surface area contributed by atoms with Crippen LogP contribution in [0.5, 0.6) is 5.75 Å². The number of hydrogen-bond acceptors (Lipinski definition) is 5. The Kier molecular flexibility index (Phi) is 5.98. The summed E-state index contributed by atoms with van der Waals surface area (Å²) in [6, 6.07) is 8.04. The molecule has 2 bridgehead atoms. The molecule has 1 saturated carbocycles. The Labute approximate surface area is 230 Å². The number of H-pyrrole nitrogens is 1. The molecule has 3 aliphatic heterocycles. The Balaban J connectivity index is 1.27. The molecule has 1 unspecified atom stereocenters. The molecule has 7 heteroatoms. The van der Waals surface area contributed by atoms with Gasteiger partial charge in [0.05, 0.1) is 6.10 Å². The number of pyridine rings is 1. The number of aromatic nitrogens is 1. The second-order valence-electron chi connectivity index (χ2n) is 13.3. The van der Waals surface area contributed by atoms with E-state index in [4.69, 9.17) is 0 Å². The van der Waals surface area contributed by atoms with Gasteiger partial charge in [-0.15, -0.1) is 0 Å². The predicted octanol–water partition coefficient (Wildman–Crippen LogP) is 3.67. The number of aromatic amines is 1. The van der Waals surface area contributed by atoms with Crippen LogP contribution in [-0.2, 0) is 18.3 Å². The monoisotopic (exact) mass is 531 g/mol. The topological polar surface area (TPSA) is 96.9 Å². The van der Waals surface area contributed by atoms with Crippen LogP contribution in [0.15, 0.2) is 29.1 Å². The van der Waals surface area contributed by atoms with Crippen molar-refractivity contribution in [3.63, 3.8) is 0 Å². The normalized spacial score (nSPS) is 34.0. The number of aliphatic hydroxyl groups excluding tert-OH is 1. The number of aromatic hydroxyl groups is 1. The van der Waals surface area contributed by atoms with Crippen LogP contribution in [0, 0.1) is 18.8 Å². The molecule has 4 fully saturated rings. The zero-order valence-corrected chi connectivity index (χ0v) is 23.2. The van der Waals surface area contributed by atoms with Gasteiger partial charge in [-0.05, 0) is 125 Å². The lowest BCUT2D eigenvalue weighted by molar-refractivity contribution is 0.0243. The van der Waals surface area contributed by atoms with Crippen LogP contribution in [0.25, 0.3) is 0 Å². The lowest BCUT2D eigenvalue weighted by Gasteiger charge is -2.55. The highest BCUT2D eigenvalue weighted by molar-refractivity contribution is 5.95. The van der Waals surface area contributed by atoms with Gasteiger partial charge in [0.1, 0.15) is 11.3 Å². The quantitative estimate of drug-likeness (QED) is 0.560. The molecular weight excluding hydrogens is 490 g/mol. The van der Waals surface area contributed by atoms with Gasteiger partial charge < -0.3 is 25.0 Å². The first-order valence-electron chi connectivity index (χ1n) is 15.0. The average molecular weight is 532 g/mol. The van der Waals surface area contributed by atoms with Crippen molar-refractivity contribution in [3.05, 3.63) is 62.6 Å². The third-order valence-corrected chi connectivity index (χ3v) is 11.0. The molecule has 7 rings (SSSR count). The summed E-state index contributed by atoms with van der Waals surface area (Å²) in [5.74, 6) is 1.25. The molecule has 0 radical (unpaired) electrons. The van der Waals surface area contributed by atoms with E-state index < -0.39 is 0 Å². The number of aryl methyl sites for hydroxylation is 1. The van der Waals surface area contributed by atoms with E-state index in [0.717, 1.165) is 55.9 Å². The number of benzene rings is 1. The number of hydrogen-bond donors (Lipinski definition) is 3. The number of rotatable bonds is 4. The minimum Gasteiger partial charge on any atom is -0.508 e. The van der Waals surface area contributed by atoms with Crippen molar-refractivity contribution < 1.29 is 15.0 Å². The fourth-order valence-corrected chi connectivity index (χ4v) is 8.78. The second-order valence-corrected chi connectivity index (χ2v) is 13.3. The molecule has 1 aromatic heterocycles. The molecule has 208 valence electrons. The van der Waals surface area contributed by atoms with Gasteiger partial charge in [-0.2, -0.15) is 0 Å². The van der Waals surface area contributed by atoms with Crippen molar-refractivity contribution in [1.82, 2.24) is 14.8 Å². The number of aliphatic hydroxyl groups is 1. The van der Waals surface area contributed by atoms with Crippen LogP contribution in [0.4, 0.5) is 0 Å². The molecule has 39 heavy (non-hydrogen) atoms. The number of carbonyl (C=O) groups is 1. The number of phenols is 1. The SMILES string of the molecule is Cc1ccc(O)cc1[C@]12CCN(CC3CC3)[C@H](C)[C@@H]1Cc1cc(C(=O)N3C4CC[C@H]3C[C@@H](O)C4)c(=O)[nH]c1C2. The molecule has 3 N–H and O–H groups in total. The molecule has 5 aliphatic rings. The maximum absolute atomic E-state index is 13.8. The van der Waals surface area contributed by atoms with Crippen LogP contribution in [-0.4, -0.2) is 68.2 Å². The number of fused-ring (bicyclic) bond motifs is 4. The predicted molar refractivity (Wildman–Crippen MR) is 149 cm³/mol. The van der Waals surface area contributed by atoms with E-state index in [1.54, 1.807) is 6.07 Å². The molecule has 7 nitrogen and oxygen atoms in total. The molecule has 2 aromatic rings. The molecule has 4 heterocycles. The Bertz CT molecular complexity index is 1350. The Hall–Kier alpha value is -2.64. The summed E-state index contributed by atoms with van der Waals surface area (Å²) >= 11 is 0. The van der Waals surface area contributed by atoms with E-state index in [-0.39, 0.29) is 40.6 Å². The lowest BCUT2D eigenvalue weighted by atomic mass is 9.55. The smallest absolute Gasteiger partial charge is 0.261 e. The largest absolute Gasteiger partial charge is 0.508 e. The van der Waals surface area contributed by atoms with Crippen LogP contribution >= 0.6 is 0 Å². The molecule has 1 amide bonds. The Morgan fingerprint density at radius 2 is 1.87 bits per heavy atom. The van der Waals surface area contributed by atoms with Crippen molar-refractivity contribution in [2.24, 2.45) is 11.8 Å². The highest BCUT2D eigenvalue weighted by atomic mass is 16.3. The first kappa shape index (κ1) is 25.3. The molecule has 0 spiro atoms. The van der Waals surface area contributed by atoms with Crippen molar-refractivity contribution in [2.75, 3.05) is 13.1 Å². The number of phenolic OH excluding ortho intramolecular Hbond substituents is 1. The first-order chi connectivity index (χ1) is 18.7. The third kappa shape index (κ3) is 4.15. The zero-order valence-electron chi connectivity index (χ0n) is 23.2. The van der Waals surface area contributed by atoms with Gasteiger partial charge in [0.25, 0.3) is 11.5 Å². The minimum atomic E-state index is -0.353. The Morgan fingerprint density at radius 3 is 2.59 bits per heavy atom. The number of amides is 1. The summed E-state index contributed by atoms with van der Waals surface area (Å²) in [5.41, 5.74) is 4.18. The first-order valence-corrected chi connectivity index (χ1v) is 15.0. The molecular formula is C32H41N3O4. The zero-order chi connectivity index (χ0) is 27.1. The van der Waals surface area contributed by atoms with E-state index in [1.807, 2.05) is 23.1 Å². The van der Waals surface area contributed by atoms with Gasteiger partial charge in [0.2, 0.25) is 0 Å². The number of likely N-dealkylation sites (tertiary alicyclic amines) is 1. The van der Waals surface area contributed by atoms with E-state index >= 15 is 0 Å². The molecule has 1 aromatic carbocycles. The third-order valence-electron chi connectivity index (χ3n) is 11.0. The number of piperidine rings is 2. The summed E-state index contributed by atoms with van der Waals surface area (Å²) < 4.78 is 0. The van der Waals surface area contributed by atoms with Crippen LogP contribution in [0.3, 0.4) is 0 Å². The second kappa shape index (κ2) is 9.20. The summed E-state index contributed by atoms with van der Waals surface area (Å²) in [5, 5.41) is 20.7. The van der Waals surface area contributed by atoms with Crippen molar-refractivity contribution in [3.8, 4) is 5.75 Å². The number of nitrogens with one attached hydrogen (secondary N) is 1. The van der Waals surface area contributed by atoms with Crippen LogP contribution in [0.1, 0.15) is 84.6 Å². The van der Waals surface area contributed by atoms with Gasteiger partial charge in [-0.1, -0.05) is 6.07 Å². The van der Waals surface area contributed by atoms with E-state index in [2.05, 4.69) is 23.7 Å². The van der Waals surface area contributed by atoms with Gasteiger partial charge >= 0.3 is 0 Å². The standard InChI is InChI=1S/C32H41N3O4/c1-18-3-8-24(36)15-27(18)32-9-10-34(17-20-4-5-20)19(2)28(32)12-21-11-26(30(38)33-29(21)16-32)31(39)35-22-6-7-23(35)14-25(37)13-22/h3,8,11,15,19-20,22-23,25,28,36-37H,4-7,9-10,12-14,16-17H2,1-2H3,(H,33,38)/t19-,22+,23?,25-,28+,32-/m1/s1. The minimum absolute atomic E-state index is 0.0254. The Morgan fingerprint density at radius 1 is 1.13 bits per heavy atom. The fourth-order valence-electron chi connectivity index (χ4n) is 8.78. The van der Waals surface area contributed by atoms with Crippen molar-refractivity contribution in [1.29, 1.82) is 0 Å². The number of carbonyl (C=O) groups excluding carboxylic acids is 1. The van der Waals surface area contributed by atoms with E-state index in [9.17, 15) is 19.8 Å². The fraction of sp³-hybridized carbons (Fsp3) is 0.625. The highest BCUT2D eigenvalue weighted by Gasteiger charge is 2.52. The van der Waals surface area contributed by atoms with E-state index in [0.29, 0.717) is 37.0 Å². The summed E-state index contributed by atoms with van der Waals surface area (Å²) in [6.07, 6.45) is 7.82. The highest BCUT2D eigenvalue weighted by Crippen LogP contribution is 2.51. The van der Waals surface area contributed by atoms with Crippen LogP contribution < -0.4 is 5.56 Å². The maximum atomic E-state index is 13.8. The van der Waals surface area contributed by atoms with Crippen molar-refractivity contribution >= 4 is 5.91 Å². The van der Waals surface area contributed by atoms with Gasteiger partial charge in [-0.3, -0.25) is 9.59 Å². The lowest BCUT2D eigenvalue weighted by Crippen LogP contribution is -2.59. The van der Waals surface area contributed by atoms with E-state index in [1.165, 1.54) is 24.0 Å².